The molecule has 1 aromatic heterocycles. The van der Waals surface area contributed by atoms with Crippen molar-refractivity contribution in [2.75, 3.05) is 9.80 Å². The smallest absolute Gasteiger partial charge is 0.264 e. The quantitative estimate of drug-likeness (QED) is 0.163. The molecule has 0 bridgehead atoms. The molecular formula is C66H73BN2S. The van der Waals surface area contributed by atoms with E-state index < -0.39 is 0 Å². The monoisotopic (exact) mass is 937 g/mol. The van der Waals surface area contributed by atoms with E-state index in [1.165, 1.54) is 165 Å². The average molecular weight is 937 g/mol. The van der Waals surface area contributed by atoms with Crippen molar-refractivity contribution in [2.24, 2.45) is 0 Å². The lowest BCUT2D eigenvalue weighted by atomic mass is 9.35. The molecule has 0 saturated carbocycles. The van der Waals surface area contributed by atoms with E-state index in [1.807, 2.05) is 11.3 Å². The molecule has 0 atom stereocenters. The van der Waals surface area contributed by atoms with Crippen LogP contribution in [0.15, 0.2) is 97.1 Å². The molecule has 70 heavy (non-hydrogen) atoms. The molecule has 0 fully saturated rings. The molecule has 4 aliphatic carbocycles. The fourth-order valence-electron chi connectivity index (χ4n) is 14.5. The third-order valence-corrected chi connectivity index (χ3v) is 20.1. The molecule has 0 N–H and O–H groups in total. The van der Waals surface area contributed by atoms with Crippen molar-refractivity contribution in [3.8, 4) is 11.1 Å². The lowest BCUT2D eigenvalue weighted by Gasteiger charge is -2.47. The zero-order valence-electron chi connectivity index (χ0n) is 44.1. The molecule has 0 amide bonds. The van der Waals surface area contributed by atoms with Crippen LogP contribution in [0.5, 0.6) is 0 Å². The molecule has 13 rings (SSSR count). The minimum atomic E-state index is 0.0562. The van der Waals surface area contributed by atoms with Crippen LogP contribution in [0.3, 0.4) is 0 Å². The van der Waals surface area contributed by atoms with Crippen LogP contribution in [-0.2, 0) is 52.8 Å². The molecule has 0 radical (unpaired) electrons. The molecule has 0 saturated heterocycles. The maximum Gasteiger partial charge on any atom is 0.264 e. The maximum atomic E-state index is 2.80. The van der Waals surface area contributed by atoms with Crippen LogP contribution in [-0.4, -0.2) is 6.71 Å². The number of hydrogen-bond donors (Lipinski definition) is 0. The predicted octanol–water partition coefficient (Wildman–Crippen LogP) is 16.4. The Hall–Kier alpha value is -5.06. The largest absolute Gasteiger partial charge is 0.311 e. The second-order valence-corrected chi connectivity index (χ2v) is 27.4. The maximum absolute atomic E-state index is 2.80. The number of thiophene rings is 1. The van der Waals surface area contributed by atoms with Gasteiger partial charge in [-0.1, -0.05) is 125 Å². The van der Waals surface area contributed by atoms with E-state index in [2.05, 4.69) is 183 Å². The summed E-state index contributed by atoms with van der Waals surface area (Å²) in [5.74, 6) is 0. The van der Waals surface area contributed by atoms with Gasteiger partial charge in [0.05, 0.1) is 5.69 Å². The minimum Gasteiger partial charge on any atom is -0.311 e. The van der Waals surface area contributed by atoms with Gasteiger partial charge in [-0.3, -0.25) is 0 Å². The number of fused-ring (bicyclic) bond motifs is 10. The first-order chi connectivity index (χ1) is 33.3. The van der Waals surface area contributed by atoms with Crippen LogP contribution in [0.4, 0.5) is 34.1 Å². The van der Waals surface area contributed by atoms with Crippen LogP contribution >= 0.6 is 11.3 Å². The topological polar surface area (TPSA) is 6.48 Å². The van der Waals surface area contributed by atoms with Crippen LogP contribution in [0.1, 0.15) is 178 Å². The van der Waals surface area contributed by atoms with Crippen molar-refractivity contribution < 1.29 is 0 Å². The normalized spacial score (nSPS) is 19.9. The summed E-state index contributed by atoms with van der Waals surface area (Å²) in [5.41, 5.74) is 28.3. The summed E-state index contributed by atoms with van der Waals surface area (Å²) in [5, 5.41) is 1.36. The lowest BCUT2D eigenvalue weighted by molar-refractivity contribution is 0.332. The zero-order chi connectivity index (χ0) is 48.4. The van der Waals surface area contributed by atoms with Crippen LogP contribution < -0.4 is 25.5 Å². The molecule has 2 nitrogen and oxygen atoms in total. The van der Waals surface area contributed by atoms with Crippen molar-refractivity contribution in [1.29, 1.82) is 0 Å². The standard InChI is InChI=1S/C66H73BN2S/c1-62(2,3)43-24-26-44(27-25-43)69-56-36-42(58-46-20-14-12-18-40(46)34-41-19-13-15-21-47(41)58)35-55-59(56)67(61-60(69)48-22-16-17-23-57(48)70-61)53-38-51-52(66(10,11)33-32-65(51,8)9)39-54(53)68(55)45-28-29-49-50(37-45)64(6,7)31-30-63(49,4)5/h16-17,22-29,34-39H,12-15,18-21,30-33H2,1-11H3. The molecular weight excluding hydrogens is 864 g/mol. The first kappa shape index (κ1) is 44.9. The number of rotatable bonds is 3. The SMILES string of the molecule is CC(C)(C)c1ccc(N2c3cc(-c4c5c(cc6c4CCCC6)CCCC5)cc4c3B(c3cc5c(cc3N4c3ccc4c(c3)C(C)(C)CCC4(C)C)C(C)(C)CCC5(C)C)c3sc4ccccc4c32)cc1. The van der Waals surface area contributed by atoms with E-state index in [0.717, 1.165) is 0 Å². The van der Waals surface area contributed by atoms with Crippen molar-refractivity contribution in [1.82, 2.24) is 0 Å². The summed E-state index contributed by atoms with van der Waals surface area (Å²) >= 11 is 2.04. The van der Waals surface area contributed by atoms with E-state index in [4.69, 9.17) is 0 Å². The highest BCUT2D eigenvalue weighted by molar-refractivity contribution is 7.33. The Balaban J connectivity index is 1.19. The van der Waals surface area contributed by atoms with Gasteiger partial charge in [-0.25, -0.2) is 0 Å². The number of hydrogen-bond acceptors (Lipinski definition) is 3. The summed E-state index contributed by atoms with van der Waals surface area (Å²) in [4.78, 5) is 5.53. The fraction of sp³-hybridized carbons (Fsp3) is 0.424. The van der Waals surface area contributed by atoms with Crippen molar-refractivity contribution in [3.63, 3.8) is 0 Å². The van der Waals surface area contributed by atoms with Gasteiger partial charge in [-0.2, -0.15) is 0 Å². The van der Waals surface area contributed by atoms with Gasteiger partial charge in [0.1, 0.15) is 0 Å². The van der Waals surface area contributed by atoms with Gasteiger partial charge >= 0.3 is 0 Å². The van der Waals surface area contributed by atoms with Crippen molar-refractivity contribution in [2.45, 2.75) is 180 Å². The Labute approximate surface area is 424 Å². The molecule has 0 unspecified atom stereocenters. The van der Waals surface area contributed by atoms with Gasteiger partial charge < -0.3 is 9.80 Å². The molecule has 2 aliphatic heterocycles. The number of anilines is 6. The second kappa shape index (κ2) is 15.2. The molecule has 4 heteroatoms. The summed E-state index contributed by atoms with van der Waals surface area (Å²) in [7, 11) is 0. The Morgan fingerprint density at radius 1 is 0.514 bits per heavy atom. The van der Waals surface area contributed by atoms with Crippen LogP contribution in [0, 0.1) is 0 Å². The zero-order valence-corrected chi connectivity index (χ0v) is 44.9. The third kappa shape index (κ3) is 6.62. The van der Waals surface area contributed by atoms with E-state index in [9.17, 15) is 0 Å². The van der Waals surface area contributed by atoms with Gasteiger partial charge in [0.25, 0.3) is 6.71 Å². The number of nitrogens with zero attached hydrogens (tertiary/aromatic N) is 2. The highest BCUT2D eigenvalue weighted by atomic mass is 32.1. The van der Waals surface area contributed by atoms with Crippen LogP contribution in [0.25, 0.3) is 21.2 Å². The highest BCUT2D eigenvalue weighted by Gasteiger charge is 2.49. The minimum absolute atomic E-state index is 0.0562. The Morgan fingerprint density at radius 3 is 1.69 bits per heavy atom. The number of aryl methyl sites for hydroxylation is 2. The van der Waals surface area contributed by atoms with E-state index in [1.54, 1.807) is 33.4 Å². The van der Waals surface area contributed by atoms with E-state index >= 15 is 0 Å². The Bertz CT molecular complexity index is 3300. The summed E-state index contributed by atoms with van der Waals surface area (Å²) < 4.78 is 2.84. The summed E-state index contributed by atoms with van der Waals surface area (Å²) in [6.45, 7) is 27.1. The lowest BCUT2D eigenvalue weighted by Crippen LogP contribution is -2.61. The van der Waals surface area contributed by atoms with Crippen molar-refractivity contribution in [3.05, 3.63) is 147 Å². The van der Waals surface area contributed by atoms with Crippen LogP contribution in [0.2, 0.25) is 0 Å². The predicted molar refractivity (Wildman–Crippen MR) is 304 cm³/mol. The Kier molecular flexibility index (Phi) is 9.76. The third-order valence-electron chi connectivity index (χ3n) is 18.9. The summed E-state index contributed by atoms with van der Waals surface area (Å²) in [6, 6.07) is 40.2. The first-order valence-electron chi connectivity index (χ1n) is 27.2. The van der Waals surface area contributed by atoms with Gasteiger partial charge in [-0.15, -0.1) is 11.3 Å². The number of benzene rings is 6. The molecule has 0 spiro atoms. The van der Waals surface area contributed by atoms with E-state index in [-0.39, 0.29) is 33.8 Å². The van der Waals surface area contributed by atoms with Gasteiger partial charge in [0.2, 0.25) is 0 Å². The average Bonchev–Trinajstić information content (AvgIpc) is 3.72. The highest BCUT2D eigenvalue weighted by Crippen LogP contribution is 2.55. The summed E-state index contributed by atoms with van der Waals surface area (Å²) in [6.07, 6.45) is 14.7. The molecule has 356 valence electrons. The molecule has 6 aliphatic rings. The molecule has 7 aromatic rings. The second-order valence-electron chi connectivity index (χ2n) is 26.3. The molecule has 3 heterocycles. The van der Waals surface area contributed by atoms with Gasteiger partial charge in [0, 0.05) is 43.3 Å². The van der Waals surface area contributed by atoms with Crippen molar-refractivity contribution >= 4 is 78.0 Å². The van der Waals surface area contributed by atoms with Gasteiger partial charge in [0.15, 0.2) is 0 Å². The molecule has 6 aromatic carbocycles. The fourth-order valence-corrected chi connectivity index (χ4v) is 15.8. The van der Waals surface area contributed by atoms with Gasteiger partial charge in [-0.05, 0) is 225 Å². The first-order valence-corrected chi connectivity index (χ1v) is 28.0. The Morgan fingerprint density at radius 2 is 1.06 bits per heavy atom. The van der Waals surface area contributed by atoms with E-state index in [0.29, 0.717) is 0 Å².